The van der Waals surface area contributed by atoms with Gasteiger partial charge in [0.1, 0.15) is 0 Å². The third-order valence-electron chi connectivity index (χ3n) is 0.938. The zero-order valence-corrected chi connectivity index (χ0v) is 9.48. The molecular formula is C7H15O6P. The van der Waals surface area contributed by atoms with Crippen molar-refractivity contribution in [1.82, 2.24) is 0 Å². The molecule has 0 aromatic rings. The van der Waals surface area contributed by atoms with Gasteiger partial charge in [0.05, 0.1) is 6.10 Å². The Morgan fingerprint density at radius 1 is 1.29 bits per heavy atom. The SMILES string of the molecule is CC(C)OC(=O)OC(C)OP(C)(=O)O. The second-order valence-electron chi connectivity index (χ2n) is 3.01. The Balaban J connectivity index is 3.89. The maximum atomic E-state index is 10.9. The van der Waals surface area contributed by atoms with E-state index in [1.165, 1.54) is 6.92 Å². The van der Waals surface area contributed by atoms with Crippen molar-refractivity contribution in [3.8, 4) is 0 Å². The molecule has 6 nitrogen and oxygen atoms in total. The van der Waals surface area contributed by atoms with Crippen molar-refractivity contribution in [3.63, 3.8) is 0 Å². The normalized spacial score (nSPS) is 17.3. The highest BCUT2D eigenvalue weighted by atomic mass is 31.2. The van der Waals surface area contributed by atoms with Crippen molar-refractivity contribution in [2.45, 2.75) is 33.2 Å². The first-order valence-corrected chi connectivity index (χ1v) is 6.09. The Morgan fingerprint density at radius 3 is 2.14 bits per heavy atom. The van der Waals surface area contributed by atoms with Crippen molar-refractivity contribution < 1.29 is 28.3 Å². The lowest BCUT2D eigenvalue weighted by atomic mass is 10.5. The Hall–Kier alpha value is -0.580. The van der Waals surface area contributed by atoms with Crippen molar-refractivity contribution in [2.24, 2.45) is 0 Å². The van der Waals surface area contributed by atoms with Gasteiger partial charge in [-0.05, 0) is 20.8 Å². The van der Waals surface area contributed by atoms with Crippen LogP contribution in [0.3, 0.4) is 0 Å². The lowest BCUT2D eigenvalue weighted by molar-refractivity contribution is -0.0633. The molecule has 0 aromatic heterocycles. The molecule has 0 aliphatic carbocycles. The van der Waals surface area contributed by atoms with Gasteiger partial charge >= 0.3 is 13.8 Å². The highest BCUT2D eigenvalue weighted by Gasteiger charge is 2.19. The summed E-state index contributed by atoms with van der Waals surface area (Å²) in [4.78, 5) is 19.6. The van der Waals surface area contributed by atoms with Crippen LogP contribution in [0.15, 0.2) is 0 Å². The molecule has 0 aliphatic heterocycles. The largest absolute Gasteiger partial charge is 0.510 e. The van der Waals surface area contributed by atoms with Gasteiger partial charge in [-0.2, -0.15) is 0 Å². The van der Waals surface area contributed by atoms with E-state index in [2.05, 4.69) is 14.0 Å². The molecule has 0 saturated heterocycles. The molecule has 84 valence electrons. The predicted molar refractivity (Wildman–Crippen MR) is 49.0 cm³/mol. The first-order chi connectivity index (χ1) is 6.20. The Bertz CT molecular complexity index is 232. The fourth-order valence-corrected chi connectivity index (χ4v) is 1.25. The highest BCUT2D eigenvalue weighted by molar-refractivity contribution is 7.51. The summed E-state index contributed by atoms with van der Waals surface area (Å²) in [6.07, 6.45) is -2.35. The van der Waals surface area contributed by atoms with Crippen molar-refractivity contribution in [2.75, 3.05) is 6.66 Å². The number of rotatable bonds is 4. The Morgan fingerprint density at radius 2 is 1.79 bits per heavy atom. The van der Waals surface area contributed by atoms with E-state index in [-0.39, 0.29) is 6.10 Å². The Labute approximate surface area is 82.7 Å². The number of ether oxygens (including phenoxy) is 2. The molecule has 0 aliphatic rings. The summed E-state index contributed by atoms with van der Waals surface area (Å²) < 4.78 is 24.4. The van der Waals surface area contributed by atoms with Gasteiger partial charge in [-0.25, -0.2) is 4.79 Å². The molecule has 0 heterocycles. The molecule has 0 aromatic carbocycles. The van der Waals surface area contributed by atoms with Crippen molar-refractivity contribution in [1.29, 1.82) is 0 Å². The molecule has 0 fully saturated rings. The highest BCUT2D eigenvalue weighted by Crippen LogP contribution is 2.38. The van der Waals surface area contributed by atoms with Gasteiger partial charge in [0.25, 0.3) is 0 Å². The van der Waals surface area contributed by atoms with Gasteiger partial charge < -0.3 is 14.4 Å². The van der Waals surface area contributed by atoms with E-state index in [1.54, 1.807) is 13.8 Å². The fraction of sp³-hybridized carbons (Fsp3) is 0.857. The number of carbonyl (C=O) groups excluding carboxylic acids is 1. The van der Waals surface area contributed by atoms with Crippen LogP contribution in [0, 0.1) is 0 Å². The van der Waals surface area contributed by atoms with Gasteiger partial charge in [-0.1, -0.05) is 0 Å². The predicted octanol–water partition coefficient (Wildman–Crippen LogP) is 1.73. The lowest BCUT2D eigenvalue weighted by Crippen LogP contribution is -2.20. The van der Waals surface area contributed by atoms with E-state index in [9.17, 15) is 9.36 Å². The standard InChI is InChI=1S/C7H15O6P/c1-5(2)11-7(8)12-6(3)13-14(4,9)10/h5-6H,1-4H3,(H,9,10). The number of hydrogen-bond donors (Lipinski definition) is 1. The van der Waals surface area contributed by atoms with Crippen LogP contribution < -0.4 is 0 Å². The molecule has 0 bridgehead atoms. The molecule has 2 atom stereocenters. The first-order valence-electron chi connectivity index (χ1n) is 4.06. The van der Waals surface area contributed by atoms with E-state index < -0.39 is 20.0 Å². The third kappa shape index (κ3) is 8.04. The minimum Gasteiger partial charge on any atom is -0.432 e. The summed E-state index contributed by atoms with van der Waals surface area (Å²) in [6, 6.07) is 0. The number of hydrogen-bond acceptors (Lipinski definition) is 5. The number of carbonyl (C=O) groups is 1. The summed E-state index contributed by atoms with van der Waals surface area (Å²) in [7, 11) is -3.65. The van der Waals surface area contributed by atoms with E-state index in [0.717, 1.165) is 6.66 Å². The van der Waals surface area contributed by atoms with Crippen LogP contribution >= 0.6 is 7.60 Å². The summed E-state index contributed by atoms with van der Waals surface area (Å²) in [5.74, 6) is 0. The first kappa shape index (κ1) is 13.4. The molecule has 0 saturated carbocycles. The fourth-order valence-electron chi connectivity index (χ4n) is 0.653. The average Bonchev–Trinajstić information content (AvgIpc) is 1.77. The second-order valence-corrected chi connectivity index (χ2v) is 4.83. The summed E-state index contributed by atoms with van der Waals surface area (Å²) >= 11 is 0. The Kier molecular flexibility index (Phi) is 5.12. The molecule has 0 spiro atoms. The molecule has 0 radical (unpaired) electrons. The van der Waals surface area contributed by atoms with Gasteiger partial charge in [0, 0.05) is 6.66 Å². The average molecular weight is 226 g/mol. The molecule has 14 heavy (non-hydrogen) atoms. The minimum atomic E-state index is -3.65. The van der Waals surface area contributed by atoms with Gasteiger partial charge in [-0.3, -0.25) is 9.09 Å². The van der Waals surface area contributed by atoms with E-state index in [0.29, 0.717) is 0 Å². The van der Waals surface area contributed by atoms with Gasteiger partial charge in [0.2, 0.25) is 6.29 Å². The van der Waals surface area contributed by atoms with Crippen LogP contribution in [0.2, 0.25) is 0 Å². The summed E-state index contributed by atoms with van der Waals surface area (Å²) in [5.41, 5.74) is 0. The van der Waals surface area contributed by atoms with Crippen molar-refractivity contribution >= 4 is 13.8 Å². The van der Waals surface area contributed by atoms with Crippen LogP contribution in [-0.4, -0.2) is 30.1 Å². The lowest BCUT2D eigenvalue weighted by Gasteiger charge is -2.16. The maximum Gasteiger partial charge on any atom is 0.510 e. The molecule has 1 N–H and O–H groups in total. The summed E-state index contributed by atoms with van der Waals surface area (Å²) in [5, 5.41) is 0. The van der Waals surface area contributed by atoms with E-state index in [1.807, 2.05) is 0 Å². The van der Waals surface area contributed by atoms with Crippen molar-refractivity contribution in [3.05, 3.63) is 0 Å². The van der Waals surface area contributed by atoms with Gasteiger partial charge in [0.15, 0.2) is 0 Å². The van der Waals surface area contributed by atoms with Crippen LogP contribution in [0.25, 0.3) is 0 Å². The van der Waals surface area contributed by atoms with E-state index >= 15 is 0 Å². The van der Waals surface area contributed by atoms with Crippen LogP contribution in [0.1, 0.15) is 20.8 Å². The second kappa shape index (κ2) is 5.34. The van der Waals surface area contributed by atoms with Crippen LogP contribution in [0.4, 0.5) is 4.79 Å². The van der Waals surface area contributed by atoms with Crippen LogP contribution in [0.5, 0.6) is 0 Å². The van der Waals surface area contributed by atoms with Gasteiger partial charge in [-0.15, -0.1) is 0 Å². The quantitative estimate of drug-likeness (QED) is 0.446. The molecule has 2 unspecified atom stereocenters. The zero-order valence-electron chi connectivity index (χ0n) is 8.59. The zero-order chi connectivity index (χ0) is 11.4. The smallest absolute Gasteiger partial charge is 0.432 e. The molecule has 0 rings (SSSR count). The minimum absolute atomic E-state index is 0.308. The van der Waals surface area contributed by atoms with E-state index in [4.69, 9.17) is 4.89 Å². The maximum absolute atomic E-state index is 10.9. The molecule has 7 heteroatoms. The summed E-state index contributed by atoms with van der Waals surface area (Å²) in [6.45, 7) is 5.64. The monoisotopic (exact) mass is 226 g/mol. The molecule has 0 amide bonds. The van der Waals surface area contributed by atoms with Crippen LogP contribution in [-0.2, 0) is 18.6 Å². The topological polar surface area (TPSA) is 82.1 Å². The third-order valence-corrected chi connectivity index (χ3v) is 1.63. The molecular weight excluding hydrogens is 211 g/mol.